The third-order valence-electron chi connectivity index (χ3n) is 5.38. The quantitative estimate of drug-likeness (QED) is 0.183. The molecule has 1 aromatic heterocycles. The summed E-state index contributed by atoms with van der Waals surface area (Å²) in [7, 11) is 1.61. The molecule has 5 rings (SSSR count). The third kappa shape index (κ3) is 5.23. The van der Waals surface area contributed by atoms with Gasteiger partial charge in [0.2, 0.25) is 0 Å². The van der Waals surface area contributed by atoms with Gasteiger partial charge in [0.05, 0.1) is 18.1 Å². The van der Waals surface area contributed by atoms with Gasteiger partial charge in [0.25, 0.3) is 5.91 Å². The second-order valence-electron chi connectivity index (χ2n) is 7.32. The van der Waals surface area contributed by atoms with E-state index < -0.39 is 0 Å². The van der Waals surface area contributed by atoms with Crippen LogP contribution in [0.15, 0.2) is 84.9 Å². The Morgan fingerprint density at radius 3 is 2.33 bits per heavy atom. The zero-order valence-electron chi connectivity index (χ0n) is 18.3. The van der Waals surface area contributed by atoms with Crippen LogP contribution in [-0.2, 0) is 17.1 Å². The summed E-state index contributed by atoms with van der Waals surface area (Å²) in [5, 5.41) is 2.18. The molecule has 169 valence electrons. The number of hydrogen-bond donors (Lipinski definition) is 0. The molecule has 1 heterocycles. The van der Waals surface area contributed by atoms with Crippen molar-refractivity contribution in [3.8, 4) is 17.1 Å². The van der Waals surface area contributed by atoms with Crippen molar-refractivity contribution in [2.24, 2.45) is 0 Å². The zero-order valence-corrected chi connectivity index (χ0v) is 23.9. The molecule has 1 unspecified atom stereocenters. The molecule has 7 heteroatoms. The minimum Gasteiger partial charge on any atom is -0.497 e. The van der Waals surface area contributed by atoms with E-state index in [-0.39, 0.29) is 73.7 Å². The Morgan fingerprint density at radius 2 is 1.61 bits per heavy atom. The van der Waals surface area contributed by atoms with E-state index >= 15 is 0 Å². The van der Waals surface area contributed by atoms with Crippen LogP contribution in [0.5, 0.6) is 5.75 Å². The Balaban J connectivity index is 0.00000128. The SMILES string of the molecule is COc1ccc(C(=O)n2c(-c3cccc4ccccc34)nc3cc(C)ccc32)cc1.P.[Cu].[Nd]. The monoisotopic (exact) mass is 631 g/mol. The number of carbonyl (C=O) groups is 1. The summed E-state index contributed by atoms with van der Waals surface area (Å²) in [5.74, 6) is 1.24. The molecule has 1 atom stereocenters. The second kappa shape index (κ2) is 11.7. The Labute approximate surface area is 239 Å². The van der Waals surface area contributed by atoms with E-state index in [1.165, 1.54) is 0 Å². The fourth-order valence-corrected chi connectivity index (χ4v) is 3.86. The van der Waals surface area contributed by atoms with E-state index in [1.54, 1.807) is 35.9 Å². The summed E-state index contributed by atoms with van der Waals surface area (Å²) in [4.78, 5) is 18.5. The molecular weight excluding hydrogens is 611 g/mol. The van der Waals surface area contributed by atoms with Crippen LogP contribution in [0, 0.1) is 47.8 Å². The average molecular weight is 634 g/mol. The van der Waals surface area contributed by atoms with Crippen LogP contribution >= 0.6 is 9.90 Å². The summed E-state index contributed by atoms with van der Waals surface area (Å²) in [6.07, 6.45) is 0. The molecule has 4 nitrogen and oxygen atoms in total. The number of carbonyl (C=O) groups excluding carboxylic acids is 1. The molecular formula is C26H23CuN2NdO2P. The fourth-order valence-electron chi connectivity index (χ4n) is 3.86. The molecule has 0 saturated carbocycles. The van der Waals surface area contributed by atoms with Crippen molar-refractivity contribution < 1.29 is 67.4 Å². The molecule has 1 radical (unpaired) electrons. The first-order valence-electron chi connectivity index (χ1n) is 9.82. The summed E-state index contributed by atoms with van der Waals surface area (Å²) in [6.45, 7) is 2.03. The minimum atomic E-state index is -0.119. The Morgan fingerprint density at radius 1 is 0.909 bits per heavy atom. The normalized spacial score (nSPS) is 10.1. The van der Waals surface area contributed by atoms with Crippen LogP contribution in [0.4, 0.5) is 0 Å². The van der Waals surface area contributed by atoms with Crippen LogP contribution in [0.1, 0.15) is 15.9 Å². The number of benzene rings is 4. The maximum absolute atomic E-state index is 13.6. The minimum absolute atomic E-state index is 0. The molecule has 0 spiro atoms. The Bertz CT molecular complexity index is 1410. The molecule has 4 aromatic carbocycles. The van der Waals surface area contributed by atoms with Crippen LogP contribution in [0.3, 0.4) is 0 Å². The molecule has 0 saturated heterocycles. The van der Waals surface area contributed by atoms with Crippen molar-refractivity contribution >= 4 is 37.6 Å². The maximum atomic E-state index is 13.6. The summed E-state index contributed by atoms with van der Waals surface area (Å²) < 4.78 is 6.95. The maximum Gasteiger partial charge on any atom is 0.264 e. The number of hydrogen-bond acceptors (Lipinski definition) is 3. The fraction of sp³-hybridized carbons (Fsp3) is 0.0769. The van der Waals surface area contributed by atoms with Crippen LogP contribution in [0.25, 0.3) is 33.2 Å². The molecule has 0 amide bonds. The van der Waals surface area contributed by atoms with Gasteiger partial charge < -0.3 is 4.74 Å². The average Bonchev–Trinajstić information content (AvgIpc) is 3.16. The van der Waals surface area contributed by atoms with Gasteiger partial charge in [-0.3, -0.25) is 9.36 Å². The number of methoxy groups -OCH3 is 1. The zero-order chi connectivity index (χ0) is 20.7. The molecule has 0 fully saturated rings. The van der Waals surface area contributed by atoms with Gasteiger partial charge in [0, 0.05) is 69.0 Å². The van der Waals surface area contributed by atoms with Crippen molar-refractivity contribution in [2.75, 3.05) is 7.11 Å². The van der Waals surface area contributed by atoms with Crippen LogP contribution in [-0.4, -0.2) is 22.6 Å². The van der Waals surface area contributed by atoms with Crippen molar-refractivity contribution in [2.45, 2.75) is 6.92 Å². The van der Waals surface area contributed by atoms with E-state index in [4.69, 9.17) is 9.72 Å². The Kier molecular flexibility index (Phi) is 9.78. The number of aryl methyl sites for hydroxylation is 1. The Hall–Kier alpha value is -1.62. The van der Waals surface area contributed by atoms with E-state index in [0.717, 1.165) is 32.9 Å². The standard InChI is InChI=1S/C26H20N2O2.Cu.Nd.H3P/c1-17-10-15-24-23(16-17)27-25(22-9-5-7-18-6-3-4-8-21(18)22)28(24)26(29)19-11-13-20(30-2)14-12-19;;;/h3-16H,1-2H3;;;1H3. The summed E-state index contributed by atoms with van der Waals surface area (Å²) >= 11 is 0. The number of rotatable bonds is 3. The van der Waals surface area contributed by atoms with Gasteiger partial charge in [-0.15, -0.1) is 0 Å². The van der Waals surface area contributed by atoms with E-state index in [9.17, 15) is 4.79 Å². The summed E-state index contributed by atoms with van der Waals surface area (Å²) in [5.41, 5.74) is 4.22. The van der Waals surface area contributed by atoms with E-state index in [1.807, 2.05) is 49.4 Å². The van der Waals surface area contributed by atoms with Crippen LogP contribution in [0.2, 0.25) is 0 Å². The molecule has 33 heavy (non-hydrogen) atoms. The first-order valence-corrected chi connectivity index (χ1v) is 9.82. The van der Waals surface area contributed by atoms with Crippen molar-refractivity contribution in [3.63, 3.8) is 0 Å². The molecule has 0 bridgehead atoms. The van der Waals surface area contributed by atoms with Gasteiger partial charge in [0.15, 0.2) is 0 Å². The van der Waals surface area contributed by atoms with Crippen molar-refractivity contribution in [3.05, 3.63) is 96.1 Å². The van der Waals surface area contributed by atoms with Gasteiger partial charge in [-0.25, -0.2) is 4.98 Å². The van der Waals surface area contributed by atoms with Gasteiger partial charge in [-0.1, -0.05) is 48.5 Å². The third-order valence-corrected chi connectivity index (χ3v) is 5.38. The molecule has 0 aliphatic heterocycles. The van der Waals surface area contributed by atoms with E-state index in [0.29, 0.717) is 17.1 Å². The largest absolute Gasteiger partial charge is 0.497 e. The summed E-state index contributed by atoms with van der Waals surface area (Å²) in [6, 6.07) is 27.4. The van der Waals surface area contributed by atoms with E-state index in [2.05, 4.69) is 18.2 Å². The topological polar surface area (TPSA) is 44.1 Å². The number of ether oxygens (including phenoxy) is 1. The van der Waals surface area contributed by atoms with Crippen molar-refractivity contribution in [1.82, 2.24) is 9.55 Å². The van der Waals surface area contributed by atoms with Crippen LogP contribution < -0.4 is 4.74 Å². The van der Waals surface area contributed by atoms with Gasteiger partial charge >= 0.3 is 0 Å². The molecule has 5 aromatic rings. The predicted octanol–water partition coefficient (Wildman–Crippen LogP) is 5.92. The number of imidazole rings is 1. The van der Waals surface area contributed by atoms with Gasteiger partial charge in [-0.2, -0.15) is 9.90 Å². The number of fused-ring (bicyclic) bond motifs is 2. The van der Waals surface area contributed by atoms with Gasteiger partial charge in [-0.05, 0) is 59.7 Å². The number of aromatic nitrogens is 2. The second-order valence-corrected chi connectivity index (χ2v) is 7.32. The molecule has 0 aliphatic carbocycles. The number of nitrogens with zero attached hydrogens (tertiary/aromatic N) is 2. The molecule has 0 aliphatic rings. The van der Waals surface area contributed by atoms with Gasteiger partial charge in [0.1, 0.15) is 11.6 Å². The first kappa shape index (κ1) is 27.6. The molecule has 0 N–H and O–H groups in total. The predicted molar refractivity (Wildman–Crippen MR) is 131 cm³/mol. The smallest absolute Gasteiger partial charge is 0.264 e. The first-order chi connectivity index (χ1) is 14.7. The van der Waals surface area contributed by atoms with Crippen molar-refractivity contribution in [1.29, 1.82) is 0 Å².